The van der Waals surface area contributed by atoms with Crippen LogP contribution in [0.1, 0.15) is 137 Å². The second-order valence-corrected chi connectivity index (χ2v) is 25.3. The summed E-state index contributed by atoms with van der Waals surface area (Å²) in [6, 6.07) is 11.8. The van der Waals surface area contributed by atoms with E-state index >= 15 is 0 Å². The highest BCUT2D eigenvalue weighted by atomic mass is 79.9. The number of nitrogens with zero attached hydrogens (tertiary/aromatic N) is 4. The quantitative estimate of drug-likeness (QED) is 0.0167. The third-order valence-corrected chi connectivity index (χ3v) is 17.6. The zero-order valence-corrected chi connectivity index (χ0v) is 57.5. The number of aromatic nitrogens is 3. The molecule has 524 valence electrons. The molecule has 1 aromatic heterocycles. The second-order valence-electron chi connectivity index (χ2n) is 23.6. The highest BCUT2D eigenvalue weighted by molar-refractivity contribution is 9.09. The number of carbonyl (C=O) groups is 8. The fraction of sp³-hybridized carbons (Fsp3) is 0.652. The van der Waals surface area contributed by atoms with Gasteiger partial charge in [0, 0.05) is 94.9 Å². The Kier molecular flexibility index (Phi) is 41.1. The molecule has 94 heavy (non-hydrogen) atoms. The van der Waals surface area contributed by atoms with Crippen LogP contribution in [0, 0.1) is 17.8 Å². The fourth-order valence-electron chi connectivity index (χ4n) is 10.3. The zero-order chi connectivity index (χ0) is 68.1. The lowest BCUT2D eigenvalue weighted by atomic mass is 9.87. The summed E-state index contributed by atoms with van der Waals surface area (Å²) in [6.07, 6.45) is 9.28. The first-order valence-electron chi connectivity index (χ1n) is 33.2. The summed E-state index contributed by atoms with van der Waals surface area (Å²) in [5, 5.41) is 36.6. The molecule has 2 bridgehead atoms. The van der Waals surface area contributed by atoms with Gasteiger partial charge >= 0.3 is 0 Å². The summed E-state index contributed by atoms with van der Waals surface area (Å²) < 4.78 is 24.0. The van der Waals surface area contributed by atoms with Crippen molar-refractivity contribution in [3.05, 3.63) is 77.1 Å². The number of primary amides is 1. The van der Waals surface area contributed by atoms with Crippen molar-refractivity contribution in [1.82, 2.24) is 46.9 Å². The number of unbranched alkanes of at least 4 members (excludes halogenated alkanes) is 1. The molecule has 4 rings (SSSR count). The number of nitrogens with one attached hydrogen (secondary N) is 6. The Morgan fingerprint density at radius 3 is 2.17 bits per heavy atom. The smallest absolute Gasteiger partial charge is 0.251 e. The summed E-state index contributed by atoms with van der Waals surface area (Å²) >= 11 is 4.72. The van der Waals surface area contributed by atoms with Crippen molar-refractivity contribution in [2.24, 2.45) is 39.9 Å². The third-order valence-electron chi connectivity index (χ3n) is 16.1. The molecule has 0 spiro atoms. The number of hydrogen-bond donors (Lipinski definition) is 10. The molecule has 1 aliphatic heterocycles. The first kappa shape index (κ1) is 80.0. The maximum Gasteiger partial charge on any atom is 0.251 e. The number of aromatic hydroxyl groups is 1. The number of thioether (sulfide) groups is 1. The number of nitrogens with two attached hydrogens (primary N) is 3. The Labute approximate surface area is 566 Å². The standard InChI is InChI=1S/C66H104BrN13O13S/c1-3-47(2)63-58(83)22-17-51(12-4-5-26-71-61(86)24-33-92-37-38-93-34-30-80-45-53(78-79-80)18-23-60(85)72-28-8-31-90-35-36-91-32-9-29-73-62(87)42-67)59(84)44-76-55(25-39-94-46-50-10-6-13-52(40-50)65(89)77-63)57(82)21-16-49(11-7-27-74-66(69)70)43-75-56(64(68)88)41-48-14-19-54(81)20-15-48/h6,10,13-15,19-20,40,45,47,49,51,55-56,63,75-76,81H,3-5,7-9,11-12,16-18,21-39,41-44,46H2,1-2H3,(H2,68,88)(H,71,86)(H,72,85)(H,73,87)(H,77,89)(H4,69,70,74)/t47-,49+,51+,55-,56-,63-/m0/s1. The molecule has 0 aliphatic carbocycles. The Morgan fingerprint density at radius 2 is 1.48 bits per heavy atom. The van der Waals surface area contributed by atoms with Crippen LogP contribution in [0.5, 0.6) is 5.75 Å². The number of carbonyl (C=O) groups excluding carboxylic acids is 8. The van der Waals surface area contributed by atoms with Crippen LogP contribution in [0.15, 0.2) is 59.7 Å². The van der Waals surface area contributed by atoms with E-state index in [1.54, 1.807) is 53.0 Å². The molecular formula is C66H104BrN13O13S. The number of aliphatic imine (C=N–C) groups is 1. The van der Waals surface area contributed by atoms with Gasteiger partial charge in [0.2, 0.25) is 23.6 Å². The van der Waals surface area contributed by atoms with Gasteiger partial charge in [-0.1, -0.05) is 72.1 Å². The van der Waals surface area contributed by atoms with Gasteiger partial charge in [0.05, 0.1) is 81.9 Å². The lowest BCUT2D eigenvalue weighted by Crippen LogP contribution is -2.45. The molecular weight excluding hydrogens is 1290 g/mol. The molecule has 5 amide bonds. The number of guanidine groups is 1. The number of benzene rings is 2. The van der Waals surface area contributed by atoms with Gasteiger partial charge in [-0.05, 0) is 124 Å². The van der Waals surface area contributed by atoms with E-state index < -0.39 is 30.0 Å². The van der Waals surface area contributed by atoms with Crippen molar-refractivity contribution >= 4 is 80.5 Å². The maximum atomic E-state index is 14.4. The maximum absolute atomic E-state index is 14.4. The van der Waals surface area contributed by atoms with Crippen molar-refractivity contribution in [3.63, 3.8) is 0 Å². The van der Waals surface area contributed by atoms with Crippen molar-refractivity contribution < 1.29 is 62.4 Å². The number of halogens is 1. The molecule has 0 saturated heterocycles. The van der Waals surface area contributed by atoms with E-state index in [1.165, 1.54) is 0 Å². The monoisotopic (exact) mass is 1400 g/mol. The molecule has 2 heterocycles. The predicted octanol–water partition coefficient (Wildman–Crippen LogP) is 3.75. The van der Waals surface area contributed by atoms with Gasteiger partial charge in [-0.25, -0.2) is 4.68 Å². The van der Waals surface area contributed by atoms with Gasteiger partial charge in [-0.2, -0.15) is 11.8 Å². The summed E-state index contributed by atoms with van der Waals surface area (Å²) in [5.41, 5.74) is 19.9. The molecule has 0 fully saturated rings. The minimum absolute atomic E-state index is 0.0217. The van der Waals surface area contributed by atoms with E-state index in [0.717, 1.165) is 17.5 Å². The van der Waals surface area contributed by atoms with Crippen molar-refractivity contribution in [2.75, 3.05) is 103 Å². The van der Waals surface area contributed by atoms with Crippen LogP contribution in [0.4, 0.5) is 0 Å². The average Bonchev–Trinajstić information content (AvgIpc) is 1.23. The first-order valence-corrected chi connectivity index (χ1v) is 35.4. The highest BCUT2D eigenvalue weighted by Crippen LogP contribution is 2.23. The molecule has 13 N–H and O–H groups in total. The number of phenolic OH excluding ortho intramolecular Hbond substituents is 1. The van der Waals surface area contributed by atoms with E-state index in [1.807, 2.05) is 32.0 Å². The average molecular weight is 1400 g/mol. The molecule has 2 aromatic carbocycles. The van der Waals surface area contributed by atoms with Crippen molar-refractivity contribution in [2.45, 2.75) is 153 Å². The van der Waals surface area contributed by atoms with Crippen LogP contribution >= 0.6 is 27.7 Å². The van der Waals surface area contributed by atoms with E-state index in [-0.39, 0.29) is 122 Å². The van der Waals surface area contributed by atoms with Crippen molar-refractivity contribution in [3.8, 4) is 5.75 Å². The molecule has 26 nitrogen and oxygen atoms in total. The van der Waals surface area contributed by atoms with E-state index in [9.17, 15) is 43.5 Å². The predicted molar refractivity (Wildman–Crippen MR) is 365 cm³/mol. The zero-order valence-electron chi connectivity index (χ0n) is 55.1. The van der Waals surface area contributed by atoms with Crippen LogP contribution in [0.2, 0.25) is 0 Å². The minimum atomic E-state index is -0.755. The molecule has 28 heteroatoms. The number of phenols is 1. The van der Waals surface area contributed by atoms with Crippen LogP contribution in [0.3, 0.4) is 0 Å². The topological polar surface area (TPSA) is 387 Å². The Morgan fingerprint density at radius 1 is 0.798 bits per heavy atom. The van der Waals surface area contributed by atoms with E-state index in [0.29, 0.717) is 172 Å². The minimum Gasteiger partial charge on any atom is -0.508 e. The van der Waals surface area contributed by atoms with Gasteiger partial charge in [-0.15, -0.1) is 5.10 Å². The molecule has 0 radical (unpaired) electrons. The van der Waals surface area contributed by atoms with Crippen LogP contribution in [0.25, 0.3) is 0 Å². The number of rotatable bonds is 45. The summed E-state index contributed by atoms with van der Waals surface area (Å²) in [5.74, 6) is -1.07. The van der Waals surface area contributed by atoms with Gasteiger partial charge < -0.3 is 73.2 Å². The number of hydrogen-bond acceptors (Lipinski definition) is 19. The van der Waals surface area contributed by atoms with E-state index in [4.69, 9.17) is 36.1 Å². The highest BCUT2D eigenvalue weighted by Gasteiger charge is 2.30. The van der Waals surface area contributed by atoms with Gasteiger partial charge in [-0.3, -0.25) is 43.3 Å². The summed E-state index contributed by atoms with van der Waals surface area (Å²) in [4.78, 5) is 110. The number of amides is 5. The summed E-state index contributed by atoms with van der Waals surface area (Å²) in [6.45, 7) is 9.59. The fourth-order valence-corrected chi connectivity index (χ4v) is 11.5. The molecule has 3 aromatic rings. The SMILES string of the molecule is CC[C@H](C)[C@@H]1NC(=O)c2cccc(c2)CSCC[C@@H](C(=O)CC[C@@H](CCCN=C(N)N)CN[C@@H](Cc2ccc(O)cc2)C(N)=O)NCC(=O)[C@H](CCCCNC(=O)CCOCCOCCn2cc(CCC(=O)NCCCOCCOCCCNC(=O)CBr)nn2)CCC1=O. The Bertz CT molecular complexity index is 2760. The molecule has 1 aliphatic rings. The number of ketones is 3. The van der Waals surface area contributed by atoms with Crippen LogP contribution in [-0.2, 0) is 77.6 Å². The normalized spacial score (nSPS) is 16.8. The summed E-state index contributed by atoms with van der Waals surface area (Å²) in [7, 11) is 0. The van der Waals surface area contributed by atoms with Crippen LogP contribution in [-0.4, -0.2) is 194 Å². The second kappa shape index (κ2) is 48.3. The lowest BCUT2D eigenvalue weighted by Gasteiger charge is -2.25. The molecule has 0 unspecified atom stereocenters. The van der Waals surface area contributed by atoms with Gasteiger partial charge in [0.1, 0.15) is 17.3 Å². The number of ether oxygens (including phenoxy) is 4. The number of aryl methyl sites for hydroxylation is 1. The van der Waals surface area contributed by atoms with Crippen molar-refractivity contribution in [1.29, 1.82) is 0 Å². The molecule has 0 saturated carbocycles. The number of Topliss-reactive ketones (excluding diaryl/α,β-unsaturated/α-hetero) is 3. The van der Waals surface area contributed by atoms with E-state index in [2.05, 4.69) is 63.1 Å². The molecule has 6 atom stereocenters. The van der Waals surface area contributed by atoms with Gasteiger partial charge in [0.15, 0.2) is 11.7 Å². The third kappa shape index (κ3) is 35.4. The van der Waals surface area contributed by atoms with Gasteiger partial charge in [0.25, 0.3) is 5.91 Å². The Hall–Kier alpha value is -6.40. The number of fused-ring (bicyclic) bond motifs is 2. The largest absolute Gasteiger partial charge is 0.508 e. The Balaban J connectivity index is 1.22. The first-order chi connectivity index (χ1) is 45.4. The number of alkyl halides is 1. The lowest BCUT2D eigenvalue weighted by molar-refractivity contribution is -0.125. The van der Waals surface area contributed by atoms with Crippen LogP contribution < -0.4 is 49.1 Å².